The van der Waals surface area contributed by atoms with Crippen LogP contribution in [0.3, 0.4) is 0 Å². The lowest BCUT2D eigenvalue weighted by atomic mass is 10.2. The van der Waals surface area contributed by atoms with Crippen LogP contribution >= 0.6 is 0 Å². The topological polar surface area (TPSA) is 47.0 Å². The van der Waals surface area contributed by atoms with Gasteiger partial charge in [-0.3, -0.25) is 4.98 Å². The van der Waals surface area contributed by atoms with Crippen molar-refractivity contribution in [1.82, 2.24) is 9.97 Å². The van der Waals surface area contributed by atoms with Gasteiger partial charge in [-0.1, -0.05) is 6.07 Å². The molecule has 0 bridgehead atoms. The number of pyridine rings is 2. The minimum atomic E-state index is 0.597. The summed E-state index contributed by atoms with van der Waals surface area (Å²) < 4.78 is 5.16. The van der Waals surface area contributed by atoms with E-state index in [1.54, 1.807) is 13.3 Å². The van der Waals surface area contributed by atoms with E-state index in [0.29, 0.717) is 12.4 Å². The van der Waals surface area contributed by atoms with Crippen LogP contribution < -0.4 is 10.1 Å². The Bertz CT molecular complexity index is 482. The van der Waals surface area contributed by atoms with Crippen LogP contribution in [0.2, 0.25) is 0 Å². The van der Waals surface area contributed by atoms with Crippen LogP contribution in [0.4, 0.5) is 5.69 Å². The van der Waals surface area contributed by atoms with E-state index in [1.165, 1.54) is 0 Å². The number of anilines is 1. The summed E-state index contributed by atoms with van der Waals surface area (Å²) in [6.07, 6.45) is 3.56. The molecule has 0 aromatic carbocycles. The highest BCUT2D eigenvalue weighted by Gasteiger charge is 2.02. The van der Waals surface area contributed by atoms with Gasteiger partial charge in [0.25, 0.3) is 0 Å². The van der Waals surface area contributed by atoms with Gasteiger partial charge in [-0.2, -0.15) is 0 Å². The van der Waals surface area contributed by atoms with Crippen molar-refractivity contribution in [2.45, 2.75) is 13.5 Å². The maximum Gasteiger partial charge on any atom is 0.237 e. The maximum absolute atomic E-state index is 5.16. The first-order valence-corrected chi connectivity index (χ1v) is 5.44. The third kappa shape index (κ3) is 2.93. The van der Waals surface area contributed by atoms with E-state index >= 15 is 0 Å². The molecule has 0 atom stereocenters. The molecule has 4 heteroatoms. The third-order valence-electron chi connectivity index (χ3n) is 2.40. The van der Waals surface area contributed by atoms with E-state index in [4.69, 9.17) is 4.74 Å². The molecule has 4 nitrogen and oxygen atoms in total. The zero-order valence-electron chi connectivity index (χ0n) is 9.97. The summed E-state index contributed by atoms with van der Waals surface area (Å²) >= 11 is 0. The lowest BCUT2D eigenvalue weighted by Crippen LogP contribution is -2.03. The first-order chi connectivity index (χ1) is 8.29. The summed E-state index contributed by atoms with van der Waals surface area (Å²) in [6, 6.07) is 7.85. The zero-order valence-corrected chi connectivity index (χ0v) is 9.97. The number of aromatic nitrogens is 2. The van der Waals surface area contributed by atoms with Crippen LogP contribution in [0.25, 0.3) is 0 Å². The average molecular weight is 229 g/mol. The predicted molar refractivity (Wildman–Crippen MR) is 67.1 cm³/mol. The van der Waals surface area contributed by atoms with E-state index in [1.807, 2.05) is 37.4 Å². The molecule has 2 heterocycles. The van der Waals surface area contributed by atoms with Crippen molar-refractivity contribution >= 4 is 5.69 Å². The Balaban J connectivity index is 2.04. The molecule has 0 fully saturated rings. The van der Waals surface area contributed by atoms with Gasteiger partial charge in [-0.25, -0.2) is 4.98 Å². The van der Waals surface area contributed by atoms with Crippen molar-refractivity contribution < 1.29 is 4.74 Å². The molecule has 0 aliphatic heterocycles. The second kappa shape index (κ2) is 5.30. The molecular weight excluding hydrogens is 214 g/mol. The van der Waals surface area contributed by atoms with Crippen LogP contribution in [-0.2, 0) is 6.54 Å². The van der Waals surface area contributed by atoms with Crippen molar-refractivity contribution in [2.24, 2.45) is 0 Å². The van der Waals surface area contributed by atoms with E-state index in [0.717, 1.165) is 16.9 Å². The van der Waals surface area contributed by atoms with Crippen LogP contribution in [0.1, 0.15) is 11.3 Å². The fourth-order valence-corrected chi connectivity index (χ4v) is 1.48. The summed E-state index contributed by atoms with van der Waals surface area (Å²) in [5, 5.41) is 3.25. The molecule has 2 aromatic heterocycles. The summed E-state index contributed by atoms with van der Waals surface area (Å²) in [4.78, 5) is 8.44. The summed E-state index contributed by atoms with van der Waals surface area (Å²) in [7, 11) is 1.61. The highest BCUT2D eigenvalue weighted by molar-refractivity contribution is 5.52. The Morgan fingerprint density at radius 2 is 2.12 bits per heavy atom. The highest BCUT2D eigenvalue weighted by Crippen LogP contribution is 2.20. The van der Waals surface area contributed by atoms with E-state index in [9.17, 15) is 0 Å². The largest absolute Gasteiger partial charge is 0.480 e. The molecule has 2 aromatic rings. The van der Waals surface area contributed by atoms with Gasteiger partial charge in [-0.15, -0.1) is 0 Å². The molecule has 0 amide bonds. The molecule has 0 unspecified atom stereocenters. The van der Waals surface area contributed by atoms with Gasteiger partial charge in [0.1, 0.15) is 0 Å². The second-order valence-corrected chi connectivity index (χ2v) is 3.74. The highest BCUT2D eigenvalue weighted by atomic mass is 16.5. The Morgan fingerprint density at radius 3 is 2.82 bits per heavy atom. The van der Waals surface area contributed by atoms with Gasteiger partial charge in [-0.05, 0) is 30.7 Å². The van der Waals surface area contributed by atoms with Gasteiger partial charge in [0.15, 0.2) is 0 Å². The summed E-state index contributed by atoms with van der Waals surface area (Å²) in [6.45, 7) is 2.68. The molecule has 0 saturated carbocycles. The van der Waals surface area contributed by atoms with Crippen LogP contribution in [0, 0.1) is 6.92 Å². The monoisotopic (exact) mass is 229 g/mol. The standard InChI is InChI=1S/C13H15N3O/c1-10-5-6-11(15-8-10)9-16-12-4-3-7-14-13(12)17-2/h3-8,16H,9H2,1-2H3. The van der Waals surface area contributed by atoms with Gasteiger partial charge in [0.05, 0.1) is 25.0 Å². The Morgan fingerprint density at radius 1 is 1.24 bits per heavy atom. The number of methoxy groups -OCH3 is 1. The lowest BCUT2D eigenvalue weighted by molar-refractivity contribution is 0.399. The predicted octanol–water partition coefficient (Wildman–Crippen LogP) is 2.41. The van der Waals surface area contributed by atoms with Crippen LogP contribution in [0.15, 0.2) is 36.7 Å². The minimum absolute atomic E-state index is 0.597. The SMILES string of the molecule is COc1ncccc1NCc1ccc(C)cn1. The van der Waals surface area contributed by atoms with Crippen LogP contribution in [0.5, 0.6) is 5.88 Å². The number of nitrogens with zero attached hydrogens (tertiary/aromatic N) is 2. The number of hydrogen-bond acceptors (Lipinski definition) is 4. The summed E-state index contributed by atoms with van der Waals surface area (Å²) in [5.41, 5.74) is 3.02. The smallest absolute Gasteiger partial charge is 0.237 e. The number of nitrogens with one attached hydrogen (secondary N) is 1. The number of ether oxygens (including phenoxy) is 1. The Hall–Kier alpha value is -2.10. The fraction of sp³-hybridized carbons (Fsp3) is 0.231. The third-order valence-corrected chi connectivity index (χ3v) is 2.40. The molecular formula is C13H15N3O. The van der Waals surface area contributed by atoms with E-state index in [-0.39, 0.29) is 0 Å². The number of aryl methyl sites for hydroxylation is 1. The average Bonchev–Trinajstić information content (AvgIpc) is 2.38. The first kappa shape index (κ1) is 11.4. The van der Waals surface area contributed by atoms with Gasteiger partial charge >= 0.3 is 0 Å². The molecule has 0 saturated heterocycles. The molecule has 88 valence electrons. The molecule has 0 aliphatic rings. The van der Waals surface area contributed by atoms with E-state index < -0.39 is 0 Å². The Labute approximate surface area is 101 Å². The molecule has 0 aliphatic carbocycles. The molecule has 0 spiro atoms. The maximum atomic E-state index is 5.16. The van der Waals surface area contributed by atoms with Crippen molar-refractivity contribution in [3.63, 3.8) is 0 Å². The van der Waals surface area contributed by atoms with Crippen LogP contribution in [-0.4, -0.2) is 17.1 Å². The second-order valence-electron chi connectivity index (χ2n) is 3.74. The van der Waals surface area contributed by atoms with Gasteiger partial charge in [0.2, 0.25) is 5.88 Å². The number of hydrogen-bond donors (Lipinski definition) is 1. The quantitative estimate of drug-likeness (QED) is 0.874. The molecule has 2 rings (SSSR count). The van der Waals surface area contributed by atoms with Crippen molar-refractivity contribution in [2.75, 3.05) is 12.4 Å². The van der Waals surface area contributed by atoms with Crippen molar-refractivity contribution in [1.29, 1.82) is 0 Å². The zero-order chi connectivity index (χ0) is 12.1. The number of rotatable bonds is 4. The first-order valence-electron chi connectivity index (χ1n) is 5.44. The van der Waals surface area contributed by atoms with Crippen molar-refractivity contribution in [3.05, 3.63) is 47.9 Å². The normalized spacial score (nSPS) is 10.0. The molecule has 0 radical (unpaired) electrons. The molecule has 1 N–H and O–H groups in total. The molecule has 17 heavy (non-hydrogen) atoms. The van der Waals surface area contributed by atoms with Crippen molar-refractivity contribution in [3.8, 4) is 5.88 Å². The summed E-state index contributed by atoms with van der Waals surface area (Å²) in [5.74, 6) is 0.597. The fourth-order valence-electron chi connectivity index (χ4n) is 1.48. The Kier molecular flexibility index (Phi) is 3.55. The lowest BCUT2D eigenvalue weighted by Gasteiger charge is -2.09. The van der Waals surface area contributed by atoms with E-state index in [2.05, 4.69) is 15.3 Å². The van der Waals surface area contributed by atoms with Gasteiger partial charge < -0.3 is 10.1 Å². The minimum Gasteiger partial charge on any atom is -0.480 e. The van der Waals surface area contributed by atoms with Gasteiger partial charge in [0, 0.05) is 12.4 Å².